The standard InChI is InChI=1S/C22H21ClN2O6/c23-16-10-4-2-7-14(16)12-17-19(21(29)30)25(17)22(31)24-18(26)11-5-8-13-6-1-3-9-15(13)20(27)28/h1-4,6-7,9-10,17,19H,5,8,11-12H2,(H,27,28)(H,29,30)(H,24,26,31)/t17-,19-,25?/m1/s1. The van der Waals surface area contributed by atoms with Crippen LogP contribution in [-0.2, 0) is 22.4 Å². The fourth-order valence-electron chi connectivity index (χ4n) is 3.57. The summed E-state index contributed by atoms with van der Waals surface area (Å²) < 4.78 is 0. The van der Waals surface area contributed by atoms with Crippen LogP contribution in [0.4, 0.5) is 4.79 Å². The van der Waals surface area contributed by atoms with Gasteiger partial charge < -0.3 is 15.1 Å². The maximum absolute atomic E-state index is 12.4. The summed E-state index contributed by atoms with van der Waals surface area (Å²) in [5, 5.41) is 21.3. The smallest absolute Gasteiger partial charge is 0.335 e. The first-order valence-electron chi connectivity index (χ1n) is 9.69. The summed E-state index contributed by atoms with van der Waals surface area (Å²) in [5.41, 5.74) is 1.50. The Balaban J connectivity index is 1.53. The van der Waals surface area contributed by atoms with Crippen LogP contribution in [0.25, 0.3) is 0 Å². The van der Waals surface area contributed by atoms with Gasteiger partial charge in [0, 0.05) is 11.4 Å². The van der Waals surface area contributed by atoms with Crippen molar-refractivity contribution in [2.24, 2.45) is 0 Å². The van der Waals surface area contributed by atoms with E-state index in [0.29, 0.717) is 23.4 Å². The Morgan fingerprint density at radius 3 is 2.26 bits per heavy atom. The van der Waals surface area contributed by atoms with Gasteiger partial charge in [0.2, 0.25) is 5.91 Å². The van der Waals surface area contributed by atoms with Gasteiger partial charge in [-0.15, -0.1) is 0 Å². The van der Waals surface area contributed by atoms with Crippen molar-refractivity contribution in [1.82, 2.24) is 10.2 Å². The molecule has 0 unspecified atom stereocenters. The average Bonchev–Trinajstić information content (AvgIpc) is 3.44. The number of urea groups is 1. The Morgan fingerprint density at radius 2 is 1.61 bits per heavy atom. The Labute approximate surface area is 183 Å². The number of hydrogen-bond acceptors (Lipinski definition) is 4. The number of carbonyl (C=O) groups excluding carboxylic acids is 2. The van der Waals surface area contributed by atoms with Crippen molar-refractivity contribution in [3.63, 3.8) is 0 Å². The van der Waals surface area contributed by atoms with Crippen LogP contribution in [-0.4, -0.2) is 51.1 Å². The van der Waals surface area contributed by atoms with Gasteiger partial charge in [-0.1, -0.05) is 48.0 Å². The number of halogens is 1. The summed E-state index contributed by atoms with van der Waals surface area (Å²) in [6.45, 7) is 0. The van der Waals surface area contributed by atoms with Gasteiger partial charge in [0.1, 0.15) is 0 Å². The molecular weight excluding hydrogens is 424 g/mol. The van der Waals surface area contributed by atoms with E-state index in [2.05, 4.69) is 5.32 Å². The normalized spacial score (nSPS) is 17.1. The maximum Gasteiger partial charge on any atom is 0.335 e. The molecule has 0 spiro atoms. The van der Waals surface area contributed by atoms with Gasteiger partial charge in [-0.05, 0) is 42.5 Å². The molecule has 0 aromatic heterocycles. The zero-order valence-electron chi connectivity index (χ0n) is 16.5. The minimum absolute atomic E-state index is 0.000448. The highest BCUT2D eigenvalue weighted by Gasteiger charge is 2.56. The number of carbonyl (C=O) groups is 4. The van der Waals surface area contributed by atoms with E-state index in [1.165, 1.54) is 6.07 Å². The van der Waals surface area contributed by atoms with Crippen LogP contribution in [0.15, 0.2) is 48.5 Å². The van der Waals surface area contributed by atoms with Crippen LogP contribution in [0.5, 0.6) is 0 Å². The number of imide groups is 1. The molecule has 0 aliphatic carbocycles. The number of benzene rings is 2. The third kappa shape index (κ3) is 5.40. The SMILES string of the molecule is O=C(CCCc1ccccc1C(=O)O)NC(=O)N1[C@H](Cc2ccccc2Cl)[C@@H]1C(=O)O. The molecule has 0 radical (unpaired) electrons. The van der Waals surface area contributed by atoms with Gasteiger partial charge in [0.15, 0.2) is 6.04 Å². The zero-order valence-corrected chi connectivity index (χ0v) is 17.2. The highest BCUT2D eigenvalue weighted by molar-refractivity contribution is 6.31. The lowest BCUT2D eigenvalue weighted by Gasteiger charge is -2.08. The Bertz CT molecular complexity index is 1020. The Kier molecular flexibility index (Phi) is 6.91. The van der Waals surface area contributed by atoms with E-state index in [-0.39, 0.29) is 18.4 Å². The van der Waals surface area contributed by atoms with E-state index in [1.54, 1.807) is 42.5 Å². The first kappa shape index (κ1) is 22.3. The van der Waals surface area contributed by atoms with Crippen molar-refractivity contribution in [1.29, 1.82) is 0 Å². The highest BCUT2D eigenvalue weighted by atomic mass is 35.5. The molecule has 9 heteroatoms. The van der Waals surface area contributed by atoms with Gasteiger partial charge in [-0.25, -0.2) is 14.4 Å². The number of rotatable bonds is 8. The van der Waals surface area contributed by atoms with Gasteiger partial charge in [0.05, 0.1) is 11.6 Å². The predicted molar refractivity (Wildman–Crippen MR) is 112 cm³/mol. The number of aryl methyl sites for hydroxylation is 1. The van der Waals surface area contributed by atoms with E-state index >= 15 is 0 Å². The lowest BCUT2D eigenvalue weighted by atomic mass is 10.0. The molecule has 2 aromatic carbocycles. The van der Waals surface area contributed by atoms with Crippen LogP contribution in [0.1, 0.15) is 34.3 Å². The molecule has 0 bridgehead atoms. The number of hydrogen-bond donors (Lipinski definition) is 3. The first-order chi connectivity index (χ1) is 14.8. The number of nitrogens with one attached hydrogen (secondary N) is 1. The Morgan fingerprint density at radius 1 is 0.968 bits per heavy atom. The molecule has 2 aromatic rings. The number of amides is 3. The lowest BCUT2D eigenvalue weighted by Crippen LogP contribution is -2.36. The topological polar surface area (TPSA) is 124 Å². The van der Waals surface area contributed by atoms with Gasteiger partial charge in [0.25, 0.3) is 0 Å². The minimum Gasteiger partial charge on any atom is -0.480 e. The highest BCUT2D eigenvalue weighted by Crippen LogP contribution is 2.33. The van der Waals surface area contributed by atoms with Crippen molar-refractivity contribution >= 4 is 35.5 Å². The molecule has 162 valence electrons. The van der Waals surface area contributed by atoms with Crippen molar-refractivity contribution in [3.8, 4) is 0 Å². The summed E-state index contributed by atoms with van der Waals surface area (Å²) in [7, 11) is 0. The summed E-state index contributed by atoms with van der Waals surface area (Å²) >= 11 is 6.12. The van der Waals surface area contributed by atoms with Crippen LogP contribution < -0.4 is 5.32 Å². The fraction of sp³-hybridized carbons (Fsp3) is 0.273. The third-order valence-corrected chi connectivity index (χ3v) is 5.52. The Hall–Kier alpha value is -3.39. The molecule has 31 heavy (non-hydrogen) atoms. The number of carboxylic acid groups (broad SMARTS) is 2. The maximum atomic E-state index is 12.4. The largest absolute Gasteiger partial charge is 0.480 e. The average molecular weight is 445 g/mol. The second-order valence-corrected chi connectivity index (χ2v) is 7.63. The van der Waals surface area contributed by atoms with Crippen LogP contribution in [0.2, 0.25) is 5.02 Å². The predicted octanol–water partition coefficient (Wildman–Crippen LogP) is 2.98. The zero-order chi connectivity index (χ0) is 22.5. The van der Waals surface area contributed by atoms with Gasteiger partial charge >= 0.3 is 18.0 Å². The van der Waals surface area contributed by atoms with E-state index in [4.69, 9.17) is 11.6 Å². The number of nitrogens with zero attached hydrogens (tertiary/aromatic N) is 1. The molecular formula is C22H21ClN2O6. The molecule has 1 saturated heterocycles. The fourth-order valence-corrected chi connectivity index (χ4v) is 3.79. The molecule has 2 atom stereocenters. The molecule has 0 saturated carbocycles. The van der Waals surface area contributed by atoms with Gasteiger partial charge in [-0.3, -0.25) is 10.1 Å². The van der Waals surface area contributed by atoms with Crippen molar-refractivity contribution in [2.75, 3.05) is 0 Å². The molecule has 1 aliphatic rings. The number of aliphatic carboxylic acids is 1. The first-order valence-corrected chi connectivity index (χ1v) is 10.1. The molecule has 1 heterocycles. The summed E-state index contributed by atoms with van der Waals surface area (Å²) in [5.74, 6) is -2.74. The second-order valence-electron chi connectivity index (χ2n) is 7.22. The van der Waals surface area contributed by atoms with E-state index in [0.717, 1.165) is 10.5 Å². The molecule has 1 aliphatic heterocycles. The van der Waals surface area contributed by atoms with Crippen molar-refractivity contribution < 1.29 is 29.4 Å². The lowest BCUT2D eigenvalue weighted by molar-refractivity contribution is -0.137. The second kappa shape index (κ2) is 9.61. The minimum atomic E-state index is -1.15. The van der Waals surface area contributed by atoms with E-state index < -0.39 is 36.0 Å². The molecule has 8 nitrogen and oxygen atoms in total. The van der Waals surface area contributed by atoms with E-state index in [9.17, 15) is 29.4 Å². The van der Waals surface area contributed by atoms with Gasteiger partial charge in [-0.2, -0.15) is 0 Å². The number of carboxylic acids is 2. The van der Waals surface area contributed by atoms with Crippen LogP contribution in [0.3, 0.4) is 0 Å². The summed E-state index contributed by atoms with van der Waals surface area (Å²) in [6, 6.07) is 11.1. The number of aromatic carboxylic acids is 1. The summed E-state index contributed by atoms with van der Waals surface area (Å²) in [4.78, 5) is 48.4. The quantitative estimate of drug-likeness (QED) is 0.538. The van der Waals surface area contributed by atoms with Crippen LogP contribution >= 0.6 is 11.6 Å². The molecule has 3 amide bonds. The van der Waals surface area contributed by atoms with Crippen molar-refractivity contribution in [2.45, 2.75) is 37.8 Å². The van der Waals surface area contributed by atoms with Crippen molar-refractivity contribution in [3.05, 3.63) is 70.2 Å². The summed E-state index contributed by atoms with van der Waals surface area (Å²) in [6.07, 6.45) is 0.972. The monoisotopic (exact) mass is 444 g/mol. The molecule has 3 rings (SSSR count). The third-order valence-electron chi connectivity index (χ3n) is 5.15. The molecule has 1 fully saturated rings. The molecule has 3 N–H and O–H groups in total. The van der Waals surface area contributed by atoms with E-state index in [1.807, 2.05) is 0 Å². The van der Waals surface area contributed by atoms with Crippen LogP contribution in [0, 0.1) is 0 Å².